The van der Waals surface area contributed by atoms with Crippen molar-refractivity contribution in [3.63, 3.8) is 0 Å². The normalized spacial score (nSPS) is 19.4. The largest absolute Gasteiger partial charge is 0.481 e. The topological polar surface area (TPSA) is 66.8 Å². The summed E-state index contributed by atoms with van der Waals surface area (Å²) < 4.78 is 0. The minimum atomic E-state index is -1.12. The lowest BCUT2D eigenvalue weighted by atomic mass is 9.93. The number of carbonyl (C=O) groups is 2. The number of para-hydroxylation sites is 1. The Bertz CT molecular complexity index is 443. The molecule has 84 valence electrons. The molecule has 0 aromatic heterocycles. The Morgan fingerprint density at radius 2 is 2.19 bits per heavy atom. The van der Waals surface area contributed by atoms with Gasteiger partial charge in [-0.1, -0.05) is 18.2 Å². The predicted molar refractivity (Wildman–Crippen MR) is 55.8 cm³/mol. The smallest absolute Gasteiger partial charge is 0.316 e. The van der Waals surface area contributed by atoms with Gasteiger partial charge in [0.2, 0.25) is 0 Å². The molecule has 1 amide bonds. The molecule has 1 aromatic carbocycles. The molecule has 1 heterocycles. The average Bonchev–Trinajstić information content (AvgIpc) is 2.28. The number of hydrogen-bond acceptors (Lipinski definition) is 3. The van der Waals surface area contributed by atoms with Gasteiger partial charge in [0.05, 0.1) is 12.8 Å². The number of carboxylic acids is 1. The first-order chi connectivity index (χ1) is 7.65. The van der Waals surface area contributed by atoms with Gasteiger partial charge >= 0.3 is 5.97 Å². The molecule has 0 spiro atoms. The van der Waals surface area contributed by atoms with Crippen molar-refractivity contribution in [1.29, 1.82) is 0 Å². The summed E-state index contributed by atoms with van der Waals surface area (Å²) in [6.07, 6.45) is 0.212. The van der Waals surface area contributed by atoms with Crippen LogP contribution in [-0.4, -0.2) is 24.1 Å². The van der Waals surface area contributed by atoms with Crippen LogP contribution in [0.3, 0.4) is 0 Å². The first-order valence-electron chi connectivity index (χ1n) is 4.84. The molecule has 0 aliphatic carbocycles. The number of benzene rings is 1. The van der Waals surface area contributed by atoms with E-state index < -0.39 is 17.8 Å². The third-order valence-electron chi connectivity index (χ3n) is 2.61. The zero-order valence-corrected chi connectivity index (χ0v) is 8.71. The fourth-order valence-electron chi connectivity index (χ4n) is 1.83. The molecule has 0 saturated heterocycles. The van der Waals surface area contributed by atoms with Crippen molar-refractivity contribution < 1.29 is 19.5 Å². The van der Waals surface area contributed by atoms with Gasteiger partial charge in [0.25, 0.3) is 5.91 Å². The van der Waals surface area contributed by atoms with Gasteiger partial charge in [-0.3, -0.25) is 14.4 Å². The van der Waals surface area contributed by atoms with Crippen LogP contribution in [0.25, 0.3) is 0 Å². The number of amides is 1. The van der Waals surface area contributed by atoms with Crippen molar-refractivity contribution in [2.75, 3.05) is 12.2 Å². The molecular formula is C11H11NO4. The van der Waals surface area contributed by atoms with Crippen molar-refractivity contribution in [1.82, 2.24) is 0 Å². The number of hydrogen-bond donors (Lipinski definition) is 1. The second kappa shape index (κ2) is 3.94. The Hall–Kier alpha value is -1.88. The van der Waals surface area contributed by atoms with Crippen LogP contribution in [-0.2, 0) is 20.8 Å². The zero-order chi connectivity index (χ0) is 11.7. The van der Waals surface area contributed by atoms with E-state index in [-0.39, 0.29) is 6.42 Å². The van der Waals surface area contributed by atoms with Gasteiger partial charge in [0.15, 0.2) is 0 Å². The van der Waals surface area contributed by atoms with Gasteiger partial charge in [0, 0.05) is 0 Å². The maximum atomic E-state index is 11.8. The molecule has 2 rings (SSSR count). The minimum Gasteiger partial charge on any atom is -0.481 e. The van der Waals surface area contributed by atoms with E-state index in [4.69, 9.17) is 9.94 Å². The van der Waals surface area contributed by atoms with Gasteiger partial charge in [-0.15, -0.1) is 0 Å². The van der Waals surface area contributed by atoms with E-state index in [9.17, 15) is 9.59 Å². The van der Waals surface area contributed by atoms with E-state index in [1.54, 1.807) is 24.3 Å². The fourth-order valence-corrected chi connectivity index (χ4v) is 1.83. The second-order valence-electron chi connectivity index (χ2n) is 3.54. The van der Waals surface area contributed by atoms with Crippen molar-refractivity contribution >= 4 is 17.6 Å². The van der Waals surface area contributed by atoms with Crippen LogP contribution in [0, 0.1) is 5.92 Å². The molecule has 0 bridgehead atoms. The van der Waals surface area contributed by atoms with Crippen molar-refractivity contribution in [3.8, 4) is 0 Å². The Morgan fingerprint density at radius 1 is 1.50 bits per heavy atom. The van der Waals surface area contributed by atoms with E-state index in [0.29, 0.717) is 5.69 Å². The molecule has 1 aromatic rings. The summed E-state index contributed by atoms with van der Waals surface area (Å²) in [7, 11) is 1.35. The maximum absolute atomic E-state index is 11.8. The predicted octanol–water partition coefficient (Wildman–Crippen LogP) is 0.838. The second-order valence-corrected chi connectivity index (χ2v) is 3.54. The average molecular weight is 221 g/mol. The highest BCUT2D eigenvalue weighted by Crippen LogP contribution is 2.30. The number of carboxylic acid groups (broad SMARTS) is 1. The summed E-state index contributed by atoms with van der Waals surface area (Å²) in [5, 5.41) is 9.98. The summed E-state index contributed by atoms with van der Waals surface area (Å²) in [4.78, 5) is 27.6. The van der Waals surface area contributed by atoms with E-state index in [1.165, 1.54) is 7.11 Å². The summed E-state index contributed by atoms with van der Waals surface area (Å²) in [5.41, 5.74) is 1.42. The number of anilines is 1. The molecule has 1 aliphatic rings. The third kappa shape index (κ3) is 1.55. The monoisotopic (exact) mass is 221 g/mol. The standard InChI is InChI=1S/C11H11NO4/c1-16-12-9-5-3-2-4-7(9)6-8(10(12)13)11(14)15/h2-5,8H,6H2,1H3,(H,14,15). The molecule has 0 fully saturated rings. The van der Waals surface area contributed by atoms with Gasteiger partial charge < -0.3 is 5.11 Å². The highest BCUT2D eigenvalue weighted by atomic mass is 16.7. The van der Waals surface area contributed by atoms with E-state index >= 15 is 0 Å². The SMILES string of the molecule is CON1C(=O)C(C(=O)O)Cc2ccccc21. The van der Waals surface area contributed by atoms with E-state index in [1.807, 2.05) is 0 Å². The van der Waals surface area contributed by atoms with Crippen LogP contribution in [0.5, 0.6) is 0 Å². The van der Waals surface area contributed by atoms with Crippen molar-refractivity contribution in [3.05, 3.63) is 29.8 Å². The summed E-state index contributed by atoms with van der Waals surface area (Å²) in [5.74, 6) is -2.72. The number of hydroxylamine groups is 1. The van der Waals surface area contributed by atoms with E-state index in [2.05, 4.69) is 0 Å². The van der Waals surface area contributed by atoms with Crippen LogP contribution >= 0.6 is 0 Å². The lowest BCUT2D eigenvalue weighted by molar-refractivity contribution is -0.148. The first-order valence-corrected chi connectivity index (χ1v) is 4.84. The molecule has 1 N–H and O–H groups in total. The molecule has 1 atom stereocenters. The Labute approximate surface area is 92.2 Å². The van der Waals surface area contributed by atoms with Gasteiger partial charge in [-0.05, 0) is 18.1 Å². The highest BCUT2D eigenvalue weighted by molar-refractivity contribution is 6.06. The fraction of sp³-hybridized carbons (Fsp3) is 0.273. The number of carbonyl (C=O) groups excluding carboxylic acids is 1. The number of rotatable bonds is 2. The quantitative estimate of drug-likeness (QED) is 0.751. The van der Waals surface area contributed by atoms with Crippen LogP contribution < -0.4 is 5.06 Å². The van der Waals surface area contributed by atoms with Gasteiger partial charge in [-0.2, -0.15) is 5.06 Å². The van der Waals surface area contributed by atoms with Crippen LogP contribution in [0.15, 0.2) is 24.3 Å². The summed E-state index contributed by atoms with van der Waals surface area (Å²) >= 11 is 0. The molecule has 5 nitrogen and oxygen atoms in total. The van der Waals surface area contributed by atoms with Crippen LogP contribution in [0.1, 0.15) is 5.56 Å². The highest BCUT2D eigenvalue weighted by Gasteiger charge is 2.37. The molecule has 5 heteroatoms. The molecule has 1 unspecified atom stereocenters. The van der Waals surface area contributed by atoms with Crippen LogP contribution in [0.4, 0.5) is 5.69 Å². The lowest BCUT2D eigenvalue weighted by Gasteiger charge is -2.30. The lowest BCUT2D eigenvalue weighted by Crippen LogP contribution is -2.43. The van der Waals surface area contributed by atoms with Crippen molar-refractivity contribution in [2.24, 2.45) is 5.92 Å². The molecule has 0 radical (unpaired) electrons. The number of nitrogens with zero attached hydrogens (tertiary/aromatic N) is 1. The molecule has 1 aliphatic heterocycles. The van der Waals surface area contributed by atoms with Crippen molar-refractivity contribution in [2.45, 2.75) is 6.42 Å². The Kier molecular flexibility index (Phi) is 2.62. The molecule has 0 saturated carbocycles. The Morgan fingerprint density at radius 3 is 2.81 bits per heavy atom. The third-order valence-corrected chi connectivity index (χ3v) is 2.61. The minimum absolute atomic E-state index is 0.212. The summed E-state index contributed by atoms with van der Waals surface area (Å²) in [6.45, 7) is 0. The van der Waals surface area contributed by atoms with E-state index in [0.717, 1.165) is 10.6 Å². The zero-order valence-electron chi connectivity index (χ0n) is 8.71. The number of aliphatic carboxylic acids is 1. The van der Waals surface area contributed by atoms with Gasteiger partial charge in [-0.25, -0.2) is 0 Å². The Balaban J connectivity index is 2.47. The number of fused-ring (bicyclic) bond motifs is 1. The molecule has 16 heavy (non-hydrogen) atoms. The molecular weight excluding hydrogens is 210 g/mol. The van der Waals surface area contributed by atoms with Gasteiger partial charge in [0.1, 0.15) is 5.92 Å². The van der Waals surface area contributed by atoms with Crippen LogP contribution in [0.2, 0.25) is 0 Å². The summed E-state index contributed by atoms with van der Waals surface area (Å²) in [6, 6.07) is 7.11. The maximum Gasteiger partial charge on any atom is 0.316 e. The first kappa shape index (κ1) is 10.6.